The second-order valence-electron chi connectivity index (χ2n) is 4.84. The van der Waals surface area contributed by atoms with Crippen molar-refractivity contribution in [2.75, 3.05) is 6.54 Å². The van der Waals surface area contributed by atoms with Crippen LogP contribution in [-0.4, -0.2) is 26.8 Å². The van der Waals surface area contributed by atoms with Crippen LogP contribution in [0.25, 0.3) is 0 Å². The van der Waals surface area contributed by atoms with Gasteiger partial charge in [0, 0.05) is 0 Å². The fourth-order valence-corrected chi connectivity index (χ4v) is 2.81. The number of nitrogens with one attached hydrogen (secondary N) is 1. The molecule has 1 fully saturated rings. The van der Waals surface area contributed by atoms with E-state index >= 15 is 0 Å². The quantitative estimate of drug-likeness (QED) is 0.850. The maximum atomic E-state index is 4.21. The van der Waals surface area contributed by atoms with Crippen LogP contribution >= 0.6 is 0 Å². The van der Waals surface area contributed by atoms with Gasteiger partial charge in [-0.1, -0.05) is 33.1 Å². The number of rotatable bonds is 5. The molecule has 1 aromatic rings. The van der Waals surface area contributed by atoms with E-state index in [4.69, 9.17) is 0 Å². The summed E-state index contributed by atoms with van der Waals surface area (Å²) >= 11 is 0. The zero-order valence-electron chi connectivity index (χ0n) is 10.9. The molecule has 0 bridgehead atoms. The number of hydrogen-bond acceptors (Lipinski definition) is 4. The average Bonchev–Trinajstić information content (AvgIpc) is 2.84. The van der Waals surface area contributed by atoms with Crippen LogP contribution in [0.5, 0.6) is 0 Å². The first-order valence-electron chi connectivity index (χ1n) is 6.84. The molecule has 0 radical (unpaired) electrons. The Labute approximate surface area is 103 Å². The van der Waals surface area contributed by atoms with Crippen LogP contribution in [0.3, 0.4) is 0 Å². The van der Waals surface area contributed by atoms with E-state index in [0.717, 1.165) is 24.8 Å². The topological polar surface area (TPSA) is 55.6 Å². The summed E-state index contributed by atoms with van der Waals surface area (Å²) in [4.78, 5) is 0. The Kier molecular flexibility index (Phi) is 4.48. The summed E-state index contributed by atoms with van der Waals surface area (Å²) in [6, 6.07) is 0.511. The molecular formula is C12H23N5. The smallest absolute Gasteiger partial charge is 0.165 e. The van der Waals surface area contributed by atoms with E-state index in [1.807, 2.05) is 0 Å². The van der Waals surface area contributed by atoms with Gasteiger partial charge in [-0.15, -0.1) is 5.10 Å². The monoisotopic (exact) mass is 237 g/mol. The van der Waals surface area contributed by atoms with Crippen molar-refractivity contribution in [3.05, 3.63) is 5.82 Å². The van der Waals surface area contributed by atoms with E-state index in [0.29, 0.717) is 6.04 Å². The lowest BCUT2D eigenvalue weighted by Gasteiger charge is -2.31. The number of nitrogens with zero attached hydrogens (tertiary/aromatic N) is 4. The summed E-state index contributed by atoms with van der Waals surface area (Å²) in [5, 5.41) is 15.5. The molecule has 5 heteroatoms. The lowest BCUT2D eigenvalue weighted by molar-refractivity contribution is 0.209. The van der Waals surface area contributed by atoms with E-state index in [2.05, 4.69) is 39.4 Å². The molecule has 96 valence electrons. The molecule has 1 heterocycles. The summed E-state index contributed by atoms with van der Waals surface area (Å²) in [6.45, 7) is 6.10. The summed E-state index contributed by atoms with van der Waals surface area (Å²) in [5.41, 5.74) is 0. The lowest BCUT2D eigenvalue weighted by Crippen LogP contribution is -2.27. The highest BCUT2D eigenvalue weighted by molar-refractivity contribution is 4.88. The first-order valence-corrected chi connectivity index (χ1v) is 6.84. The van der Waals surface area contributed by atoms with Crippen molar-refractivity contribution in [2.24, 2.45) is 5.92 Å². The number of tetrazole rings is 1. The largest absolute Gasteiger partial charge is 0.310 e. The third-order valence-electron chi connectivity index (χ3n) is 3.80. The van der Waals surface area contributed by atoms with Gasteiger partial charge >= 0.3 is 0 Å². The van der Waals surface area contributed by atoms with Gasteiger partial charge < -0.3 is 5.32 Å². The van der Waals surface area contributed by atoms with Crippen molar-refractivity contribution < 1.29 is 0 Å². The fourth-order valence-electron chi connectivity index (χ4n) is 2.81. The van der Waals surface area contributed by atoms with E-state index in [-0.39, 0.29) is 0 Å². The van der Waals surface area contributed by atoms with Crippen molar-refractivity contribution in [3.8, 4) is 0 Å². The summed E-state index contributed by atoms with van der Waals surface area (Å²) in [6.07, 6.45) is 6.44. The Morgan fingerprint density at radius 2 is 2.12 bits per heavy atom. The highest BCUT2D eigenvalue weighted by atomic mass is 15.6. The maximum Gasteiger partial charge on any atom is 0.165 e. The lowest BCUT2D eigenvalue weighted by atomic mass is 9.83. The van der Waals surface area contributed by atoms with Crippen molar-refractivity contribution in [1.29, 1.82) is 0 Å². The Morgan fingerprint density at radius 1 is 1.29 bits per heavy atom. The average molecular weight is 237 g/mol. The number of aromatic nitrogens is 4. The molecule has 1 N–H and O–H groups in total. The van der Waals surface area contributed by atoms with Gasteiger partial charge in [0.1, 0.15) is 0 Å². The SMILES string of the molecule is CCNCc1nnnn1C1CCCCC1CC. The molecule has 1 aliphatic carbocycles. The van der Waals surface area contributed by atoms with Crippen molar-refractivity contribution in [2.45, 2.75) is 58.5 Å². The van der Waals surface area contributed by atoms with Gasteiger partial charge in [0.05, 0.1) is 12.6 Å². The van der Waals surface area contributed by atoms with Gasteiger partial charge in [-0.3, -0.25) is 0 Å². The predicted octanol–water partition coefficient (Wildman–Crippen LogP) is 1.92. The van der Waals surface area contributed by atoms with Gasteiger partial charge in [-0.25, -0.2) is 4.68 Å². The zero-order chi connectivity index (χ0) is 12.1. The molecule has 17 heavy (non-hydrogen) atoms. The second kappa shape index (κ2) is 6.10. The Balaban J connectivity index is 2.11. The summed E-state index contributed by atoms with van der Waals surface area (Å²) in [5.74, 6) is 1.73. The normalized spacial score (nSPS) is 25.1. The van der Waals surface area contributed by atoms with E-state index in [1.165, 1.54) is 32.1 Å². The zero-order valence-corrected chi connectivity index (χ0v) is 10.9. The predicted molar refractivity (Wildman–Crippen MR) is 66.5 cm³/mol. The third-order valence-corrected chi connectivity index (χ3v) is 3.80. The molecular weight excluding hydrogens is 214 g/mol. The van der Waals surface area contributed by atoms with Gasteiger partial charge in [0.2, 0.25) is 0 Å². The van der Waals surface area contributed by atoms with Crippen LogP contribution in [0.2, 0.25) is 0 Å². The standard InChI is InChI=1S/C12H23N5/c1-3-10-7-5-6-8-11(10)17-12(9-13-4-2)14-15-16-17/h10-11,13H,3-9H2,1-2H3. The summed E-state index contributed by atoms with van der Waals surface area (Å²) in [7, 11) is 0. The van der Waals surface area contributed by atoms with Crippen molar-refractivity contribution in [1.82, 2.24) is 25.5 Å². The van der Waals surface area contributed by atoms with Crippen LogP contribution in [0, 0.1) is 5.92 Å². The molecule has 2 rings (SSSR count). The van der Waals surface area contributed by atoms with Gasteiger partial charge in [0.25, 0.3) is 0 Å². The molecule has 1 aromatic heterocycles. The molecule has 5 nitrogen and oxygen atoms in total. The summed E-state index contributed by atoms with van der Waals surface area (Å²) < 4.78 is 2.07. The Hall–Kier alpha value is -0.970. The minimum absolute atomic E-state index is 0.511. The highest BCUT2D eigenvalue weighted by Gasteiger charge is 2.27. The van der Waals surface area contributed by atoms with Gasteiger partial charge in [-0.05, 0) is 35.7 Å². The molecule has 0 aromatic carbocycles. The van der Waals surface area contributed by atoms with Gasteiger partial charge in [-0.2, -0.15) is 0 Å². The Morgan fingerprint density at radius 3 is 2.88 bits per heavy atom. The fraction of sp³-hybridized carbons (Fsp3) is 0.917. The molecule has 2 atom stereocenters. The molecule has 0 saturated heterocycles. The van der Waals surface area contributed by atoms with Crippen LogP contribution in [-0.2, 0) is 6.54 Å². The number of hydrogen-bond donors (Lipinski definition) is 1. The maximum absolute atomic E-state index is 4.21. The second-order valence-corrected chi connectivity index (χ2v) is 4.84. The molecule has 1 aliphatic rings. The molecule has 0 spiro atoms. The van der Waals surface area contributed by atoms with Crippen LogP contribution < -0.4 is 5.32 Å². The molecule has 0 amide bonds. The van der Waals surface area contributed by atoms with Crippen molar-refractivity contribution >= 4 is 0 Å². The first-order chi connectivity index (χ1) is 8.36. The van der Waals surface area contributed by atoms with Crippen LogP contribution in [0.4, 0.5) is 0 Å². The Bertz CT molecular complexity index is 335. The third kappa shape index (κ3) is 2.83. The van der Waals surface area contributed by atoms with Crippen LogP contribution in [0.15, 0.2) is 0 Å². The van der Waals surface area contributed by atoms with E-state index < -0.39 is 0 Å². The molecule has 2 unspecified atom stereocenters. The van der Waals surface area contributed by atoms with E-state index in [1.54, 1.807) is 0 Å². The van der Waals surface area contributed by atoms with E-state index in [9.17, 15) is 0 Å². The molecule has 1 saturated carbocycles. The minimum Gasteiger partial charge on any atom is -0.310 e. The van der Waals surface area contributed by atoms with Crippen molar-refractivity contribution in [3.63, 3.8) is 0 Å². The van der Waals surface area contributed by atoms with Gasteiger partial charge in [0.15, 0.2) is 5.82 Å². The highest BCUT2D eigenvalue weighted by Crippen LogP contribution is 2.35. The minimum atomic E-state index is 0.511. The van der Waals surface area contributed by atoms with Crippen LogP contribution in [0.1, 0.15) is 57.8 Å². The first kappa shape index (κ1) is 12.5. The molecule has 0 aliphatic heterocycles.